The van der Waals surface area contributed by atoms with Gasteiger partial charge in [0, 0.05) is 17.1 Å². The van der Waals surface area contributed by atoms with Gasteiger partial charge >= 0.3 is 0 Å². The largest absolute Gasteiger partial charge is 0.503 e. The summed E-state index contributed by atoms with van der Waals surface area (Å²) in [7, 11) is 0. The molecule has 1 aliphatic rings. The van der Waals surface area contributed by atoms with Gasteiger partial charge in [-0.1, -0.05) is 83.9 Å². The van der Waals surface area contributed by atoms with Crippen LogP contribution in [0.1, 0.15) is 28.3 Å². The van der Waals surface area contributed by atoms with Crippen molar-refractivity contribution in [3.05, 3.63) is 112 Å². The van der Waals surface area contributed by atoms with Crippen LogP contribution in [-0.2, 0) is 11.3 Å². The normalized spacial score (nSPS) is 16.7. The number of hydrogen-bond acceptors (Lipinski definition) is 2. The van der Waals surface area contributed by atoms with Crippen LogP contribution in [-0.4, -0.2) is 15.9 Å². The van der Waals surface area contributed by atoms with Crippen LogP contribution in [0.15, 0.2) is 84.6 Å². The molecule has 4 rings (SSSR count). The molecule has 0 bridgehead atoms. The highest BCUT2D eigenvalue weighted by atomic mass is 35.5. The molecule has 0 saturated heterocycles. The Labute approximate surface area is 169 Å². The third-order valence-corrected chi connectivity index (χ3v) is 5.30. The Hall–Kier alpha value is -3.04. The summed E-state index contributed by atoms with van der Waals surface area (Å²) in [6, 6.07) is 24.7. The highest BCUT2D eigenvalue weighted by Crippen LogP contribution is 2.43. The van der Waals surface area contributed by atoms with Gasteiger partial charge in [-0.05, 0) is 35.7 Å². The Morgan fingerprint density at radius 1 is 0.929 bits per heavy atom. The number of aliphatic hydroxyl groups is 1. The number of hydrogen-bond donors (Lipinski definition) is 1. The molecule has 3 aromatic rings. The molecular weight excluding hydrogens is 370 g/mol. The first kappa shape index (κ1) is 18.3. The number of amides is 1. The fourth-order valence-corrected chi connectivity index (χ4v) is 3.74. The van der Waals surface area contributed by atoms with E-state index in [4.69, 9.17) is 11.6 Å². The van der Waals surface area contributed by atoms with Crippen LogP contribution in [0.4, 0.5) is 0 Å². The second-order valence-electron chi connectivity index (χ2n) is 7.00. The predicted octanol–water partition coefficient (Wildman–Crippen LogP) is 5.70. The molecular formula is C24H20ClNO2. The molecule has 0 unspecified atom stereocenters. The minimum atomic E-state index is -0.362. The van der Waals surface area contributed by atoms with Gasteiger partial charge in [0.25, 0.3) is 5.91 Å². The zero-order valence-corrected chi connectivity index (χ0v) is 16.2. The number of rotatable bonds is 4. The molecule has 0 radical (unpaired) electrons. The first-order valence-electron chi connectivity index (χ1n) is 9.15. The fourth-order valence-electron chi connectivity index (χ4n) is 3.61. The van der Waals surface area contributed by atoms with E-state index in [2.05, 4.69) is 0 Å². The average molecular weight is 390 g/mol. The Morgan fingerprint density at radius 3 is 2.21 bits per heavy atom. The fraction of sp³-hybridized carbons (Fsp3) is 0.125. The number of carbonyl (C=O) groups excluding carboxylic acids is 1. The van der Waals surface area contributed by atoms with Crippen LogP contribution in [0.5, 0.6) is 0 Å². The second kappa shape index (κ2) is 7.53. The van der Waals surface area contributed by atoms with E-state index in [0.29, 0.717) is 17.1 Å². The monoisotopic (exact) mass is 389 g/mol. The van der Waals surface area contributed by atoms with Crippen molar-refractivity contribution in [2.75, 3.05) is 0 Å². The van der Waals surface area contributed by atoms with Crippen molar-refractivity contribution in [3.8, 4) is 0 Å². The highest BCUT2D eigenvalue weighted by molar-refractivity contribution is 6.30. The van der Waals surface area contributed by atoms with Crippen molar-refractivity contribution >= 4 is 23.1 Å². The van der Waals surface area contributed by atoms with Crippen molar-refractivity contribution in [2.45, 2.75) is 19.5 Å². The van der Waals surface area contributed by atoms with Gasteiger partial charge in [0.1, 0.15) is 0 Å². The molecule has 0 aromatic heterocycles. The lowest BCUT2D eigenvalue weighted by atomic mass is 9.93. The summed E-state index contributed by atoms with van der Waals surface area (Å²) in [5, 5.41) is 11.4. The minimum absolute atomic E-state index is 0.189. The summed E-state index contributed by atoms with van der Waals surface area (Å²) >= 11 is 5.99. The molecule has 140 valence electrons. The zero-order chi connectivity index (χ0) is 19.7. The third kappa shape index (κ3) is 3.41. The van der Waals surface area contributed by atoms with Crippen molar-refractivity contribution in [1.29, 1.82) is 0 Å². The van der Waals surface area contributed by atoms with Gasteiger partial charge in [0.2, 0.25) is 0 Å². The zero-order valence-electron chi connectivity index (χ0n) is 15.5. The van der Waals surface area contributed by atoms with Crippen molar-refractivity contribution < 1.29 is 9.90 Å². The molecule has 3 nitrogen and oxygen atoms in total. The Kier molecular flexibility index (Phi) is 4.93. The van der Waals surface area contributed by atoms with Crippen LogP contribution in [0.3, 0.4) is 0 Å². The van der Waals surface area contributed by atoms with Crippen LogP contribution in [0, 0.1) is 6.92 Å². The van der Waals surface area contributed by atoms with Gasteiger partial charge in [-0.2, -0.15) is 0 Å². The molecule has 0 fully saturated rings. The predicted molar refractivity (Wildman–Crippen MR) is 112 cm³/mol. The lowest BCUT2D eigenvalue weighted by Gasteiger charge is -2.27. The van der Waals surface area contributed by atoms with Gasteiger partial charge in [0.15, 0.2) is 5.76 Å². The standard InChI is InChI=1S/C24H20ClNO2/c1-16-7-11-19(12-8-16)22-21(18-5-3-2-4-6-18)23(27)24(28)26(22)15-17-9-13-20(25)14-10-17/h2-14,22,27H,15H2,1H3/t22-/m0/s1. The van der Waals surface area contributed by atoms with Crippen LogP contribution < -0.4 is 0 Å². The number of nitrogens with zero attached hydrogens (tertiary/aromatic N) is 1. The third-order valence-electron chi connectivity index (χ3n) is 5.05. The lowest BCUT2D eigenvalue weighted by molar-refractivity contribution is -0.130. The maximum Gasteiger partial charge on any atom is 0.290 e. The summed E-state index contributed by atoms with van der Waals surface area (Å²) in [5.74, 6) is -0.551. The number of aryl methyl sites for hydroxylation is 1. The number of halogens is 1. The van der Waals surface area contributed by atoms with Crippen molar-refractivity contribution in [1.82, 2.24) is 4.90 Å². The summed E-state index contributed by atoms with van der Waals surface area (Å²) in [4.78, 5) is 14.7. The molecule has 1 aliphatic heterocycles. The Balaban J connectivity index is 1.80. The summed E-state index contributed by atoms with van der Waals surface area (Å²) in [5.41, 5.74) is 4.56. The smallest absolute Gasteiger partial charge is 0.290 e. The minimum Gasteiger partial charge on any atom is -0.503 e. The highest BCUT2D eigenvalue weighted by Gasteiger charge is 2.40. The van der Waals surface area contributed by atoms with E-state index in [9.17, 15) is 9.90 Å². The van der Waals surface area contributed by atoms with E-state index in [1.807, 2.05) is 85.8 Å². The van der Waals surface area contributed by atoms with Crippen LogP contribution in [0.25, 0.3) is 5.57 Å². The van der Waals surface area contributed by atoms with Crippen molar-refractivity contribution in [3.63, 3.8) is 0 Å². The first-order chi connectivity index (χ1) is 13.5. The van der Waals surface area contributed by atoms with Crippen LogP contribution >= 0.6 is 11.6 Å². The SMILES string of the molecule is Cc1ccc([C@H]2C(c3ccccc3)=C(O)C(=O)N2Cc2ccc(Cl)cc2)cc1. The molecule has 1 amide bonds. The van der Waals surface area contributed by atoms with Gasteiger partial charge in [0.05, 0.1) is 6.04 Å². The molecule has 0 saturated carbocycles. The topological polar surface area (TPSA) is 40.5 Å². The molecule has 4 heteroatoms. The number of benzene rings is 3. The maximum absolute atomic E-state index is 13.0. The maximum atomic E-state index is 13.0. The molecule has 1 N–H and O–H groups in total. The summed E-state index contributed by atoms with van der Waals surface area (Å²) < 4.78 is 0. The second-order valence-corrected chi connectivity index (χ2v) is 7.44. The van der Waals surface area contributed by atoms with E-state index < -0.39 is 0 Å². The van der Waals surface area contributed by atoms with E-state index in [1.165, 1.54) is 0 Å². The summed E-state index contributed by atoms with van der Waals surface area (Å²) in [6.07, 6.45) is 0. The molecule has 0 aliphatic carbocycles. The number of carbonyl (C=O) groups is 1. The molecule has 0 spiro atoms. The number of aliphatic hydroxyl groups excluding tert-OH is 1. The Bertz CT molecular complexity index is 1020. The van der Waals surface area contributed by atoms with E-state index in [1.54, 1.807) is 4.90 Å². The molecule has 1 heterocycles. The quantitative estimate of drug-likeness (QED) is 0.621. The van der Waals surface area contributed by atoms with Crippen molar-refractivity contribution in [2.24, 2.45) is 0 Å². The molecule has 1 atom stereocenters. The average Bonchev–Trinajstić information content (AvgIpc) is 2.96. The van der Waals surface area contributed by atoms with Gasteiger partial charge < -0.3 is 10.0 Å². The van der Waals surface area contributed by atoms with Gasteiger partial charge in [-0.15, -0.1) is 0 Å². The lowest BCUT2D eigenvalue weighted by Crippen LogP contribution is -2.29. The molecule has 28 heavy (non-hydrogen) atoms. The van der Waals surface area contributed by atoms with Gasteiger partial charge in [-0.25, -0.2) is 0 Å². The molecule has 3 aromatic carbocycles. The summed E-state index contributed by atoms with van der Waals surface area (Å²) in [6.45, 7) is 2.41. The van der Waals surface area contributed by atoms with E-state index in [-0.39, 0.29) is 17.7 Å². The first-order valence-corrected chi connectivity index (χ1v) is 9.53. The van der Waals surface area contributed by atoms with Crippen LogP contribution in [0.2, 0.25) is 5.02 Å². The van der Waals surface area contributed by atoms with E-state index in [0.717, 1.165) is 22.3 Å². The Morgan fingerprint density at radius 2 is 1.57 bits per heavy atom. The van der Waals surface area contributed by atoms with E-state index >= 15 is 0 Å². The van der Waals surface area contributed by atoms with Gasteiger partial charge in [-0.3, -0.25) is 4.79 Å².